The first-order chi connectivity index (χ1) is 8.25. The first-order valence-corrected chi connectivity index (χ1v) is 5.56. The number of rotatable bonds is 3. The Hall–Kier alpha value is -1.69. The van der Waals surface area contributed by atoms with Gasteiger partial charge < -0.3 is 0 Å². The van der Waals surface area contributed by atoms with Gasteiger partial charge in [0, 0.05) is 29.5 Å². The van der Waals surface area contributed by atoms with Gasteiger partial charge >= 0.3 is 0 Å². The number of aromatic nitrogens is 4. The van der Waals surface area contributed by atoms with Crippen LogP contribution < -0.4 is 4.42 Å². The highest BCUT2D eigenvalue weighted by Gasteiger charge is 2.27. The van der Waals surface area contributed by atoms with Crippen LogP contribution in [0.1, 0.15) is 24.5 Å². The summed E-state index contributed by atoms with van der Waals surface area (Å²) >= 11 is 6.00. The Morgan fingerprint density at radius 2 is 2.29 bits per heavy atom. The largest absolute Gasteiger partial charge is 0.280 e. The highest BCUT2D eigenvalue weighted by atomic mass is 35.5. The van der Waals surface area contributed by atoms with Gasteiger partial charge in [0.15, 0.2) is 17.5 Å². The fourth-order valence-electron chi connectivity index (χ4n) is 1.59. The Balaban J connectivity index is 1.89. The zero-order valence-corrected chi connectivity index (χ0v) is 9.52. The highest BCUT2D eigenvalue weighted by molar-refractivity contribution is 6.28. The number of nitrogens with zero attached hydrogens (tertiary/aromatic N) is 4. The van der Waals surface area contributed by atoms with Gasteiger partial charge in [-0.05, 0) is 12.8 Å². The van der Waals surface area contributed by atoms with Crippen LogP contribution >= 0.6 is 11.8 Å². The number of halogens is 2. The van der Waals surface area contributed by atoms with Crippen LogP contribution in [0.25, 0.3) is 0 Å². The molecule has 1 N–H and O–H groups in total. The van der Waals surface area contributed by atoms with E-state index in [2.05, 4.69) is 20.2 Å². The van der Waals surface area contributed by atoms with Gasteiger partial charge in [0.2, 0.25) is 0 Å². The predicted octanol–water partition coefficient (Wildman–Crippen LogP) is 2.51. The molecular weight excluding hydrogens is 245 g/mol. The van der Waals surface area contributed by atoms with Crippen LogP contribution in [0.3, 0.4) is 0 Å². The molecule has 0 unspecified atom stereocenters. The van der Waals surface area contributed by atoms with E-state index in [9.17, 15) is 4.39 Å². The van der Waals surface area contributed by atoms with E-state index in [1.807, 2.05) is 6.07 Å². The average Bonchev–Trinajstić information content (AvgIpc) is 3.07. The fourth-order valence-corrected chi connectivity index (χ4v) is 1.80. The molecule has 0 aromatic carbocycles. The average molecular weight is 254 g/mol. The summed E-state index contributed by atoms with van der Waals surface area (Å²) in [7, 11) is 0. The van der Waals surface area contributed by atoms with Gasteiger partial charge in [-0.15, -0.1) is 0 Å². The summed E-state index contributed by atoms with van der Waals surface area (Å²) in [5, 5.41) is 6.93. The van der Waals surface area contributed by atoms with Crippen molar-refractivity contribution in [2.24, 2.45) is 0 Å². The van der Waals surface area contributed by atoms with E-state index in [1.165, 1.54) is 6.33 Å². The molecule has 0 atom stereocenters. The van der Waals surface area contributed by atoms with Crippen LogP contribution in [0.4, 0.5) is 16.0 Å². The van der Waals surface area contributed by atoms with E-state index in [4.69, 9.17) is 11.8 Å². The number of H-pyrrole nitrogens is 1. The summed E-state index contributed by atoms with van der Waals surface area (Å²) in [6.07, 6.45) is 4.62. The van der Waals surface area contributed by atoms with Crippen molar-refractivity contribution in [1.29, 1.82) is 0 Å². The van der Waals surface area contributed by atoms with Crippen LogP contribution in [0, 0.1) is 5.82 Å². The molecule has 2 aromatic heterocycles. The predicted molar refractivity (Wildman–Crippen MR) is 60.5 cm³/mol. The van der Waals surface area contributed by atoms with Gasteiger partial charge in [-0.3, -0.25) is 5.10 Å². The number of anilines is 2. The van der Waals surface area contributed by atoms with Crippen LogP contribution in [-0.2, 0) is 0 Å². The van der Waals surface area contributed by atoms with E-state index >= 15 is 0 Å². The zero-order valence-electron chi connectivity index (χ0n) is 8.77. The van der Waals surface area contributed by atoms with Crippen molar-refractivity contribution in [3.8, 4) is 0 Å². The second-order valence-electron chi connectivity index (χ2n) is 3.93. The molecule has 7 heteroatoms. The SMILES string of the molecule is Fc1cncnc1N(Cl)c1cc(C2CC2)[nH]n1. The summed E-state index contributed by atoms with van der Waals surface area (Å²) < 4.78 is 14.5. The molecule has 88 valence electrons. The highest BCUT2D eigenvalue weighted by Crippen LogP contribution is 2.40. The van der Waals surface area contributed by atoms with Gasteiger partial charge in [0.1, 0.15) is 6.33 Å². The molecule has 0 spiro atoms. The van der Waals surface area contributed by atoms with Crippen LogP contribution in [0.2, 0.25) is 0 Å². The van der Waals surface area contributed by atoms with Crippen molar-refractivity contribution < 1.29 is 4.39 Å². The van der Waals surface area contributed by atoms with Crippen molar-refractivity contribution in [1.82, 2.24) is 20.2 Å². The third-order valence-electron chi connectivity index (χ3n) is 2.64. The topological polar surface area (TPSA) is 57.7 Å². The second-order valence-corrected chi connectivity index (χ2v) is 4.27. The van der Waals surface area contributed by atoms with Crippen molar-refractivity contribution in [2.75, 3.05) is 4.42 Å². The summed E-state index contributed by atoms with van der Waals surface area (Å²) in [4.78, 5) is 7.34. The van der Waals surface area contributed by atoms with Gasteiger partial charge in [-0.2, -0.15) is 5.10 Å². The van der Waals surface area contributed by atoms with E-state index < -0.39 is 5.82 Å². The van der Waals surface area contributed by atoms with E-state index in [0.717, 1.165) is 29.2 Å². The van der Waals surface area contributed by atoms with Gasteiger partial charge in [0.25, 0.3) is 0 Å². The van der Waals surface area contributed by atoms with Gasteiger partial charge in [0.05, 0.1) is 6.20 Å². The molecule has 1 saturated carbocycles. The van der Waals surface area contributed by atoms with Gasteiger partial charge in [-0.1, -0.05) is 0 Å². The number of aromatic amines is 1. The lowest BCUT2D eigenvalue weighted by Crippen LogP contribution is -2.07. The molecule has 0 radical (unpaired) electrons. The summed E-state index contributed by atoms with van der Waals surface area (Å²) in [5.41, 5.74) is 1.03. The standard InChI is InChI=1S/C10H9ClFN5/c11-17(10-7(12)4-13-5-14-10)9-3-8(15-16-9)6-1-2-6/h3-6H,1-2H2,(H,15,16). The Kier molecular flexibility index (Phi) is 2.44. The third-order valence-corrected chi connectivity index (χ3v) is 2.97. The number of nitrogens with one attached hydrogen (secondary N) is 1. The maximum atomic E-state index is 13.4. The molecule has 3 rings (SSSR count). The number of hydrogen-bond acceptors (Lipinski definition) is 4. The Bertz CT molecular complexity index is 539. The van der Waals surface area contributed by atoms with E-state index in [1.54, 1.807) is 0 Å². The second kappa shape index (κ2) is 3.96. The molecule has 17 heavy (non-hydrogen) atoms. The lowest BCUT2D eigenvalue weighted by atomic mass is 10.3. The first kappa shape index (κ1) is 10.5. The van der Waals surface area contributed by atoms with Gasteiger partial charge in [-0.25, -0.2) is 18.8 Å². The molecule has 5 nitrogen and oxygen atoms in total. The van der Waals surface area contributed by atoms with Crippen LogP contribution in [0.15, 0.2) is 18.6 Å². The van der Waals surface area contributed by atoms with Crippen molar-refractivity contribution in [2.45, 2.75) is 18.8 Å². The van der Waals surface area contributed by atoms with Crippen LogP contribution in [-0.4, -0.2) is 20.2 Å². The lowest BCUT2D eigenvalue weighted by molar-refractivity contribution is 0.616. The van der Waals surface area contributed by atoms with Crippen molar-refractivity contribution >= 4 is 23.4 Å². The van der Waals surface area contributed by atoms with E-state index in [0.29, 0.717) is 11.7 Å². The molecule has 2 heterocycles. The summed E-state index contributed by atoms with van der Waals surface area (Å²) in [6.45, 7) is 0. The molecular formula is C10H9ClFN5. The summed E-state index contributed by atoms with van der Waals surface area (Å²) in [6, 6.07) is 1.81. The maximum Gasteiger partial charge on any atom is 0.188 e. The molecule has 1 aliphatic rings. The van der Waals surface area contributed by atoms with Crippen LogP contribution in [0.5, 0.6) is 0 Å². The van der Waals surface area contributed by atoms with Crippen molar-refractivity contribution in [3.63, 3.8) is 0 Å². The molecule has 1 fully saturated rings. The minimum Gasteiger partial charge on any atom is -0.280 e. The van der Waals surface area contributed by atoms with E-state index in [-0.39, 0.29) is 5.82 Å². The Morgan fingerprint density at radius 1 is 1.47 bits per heavy atom. The quantitative estimate of drug-likeness (QED) is 0.854. The normalized spacial score (nSPS) is 14.9. The summed E-state index contributed by atoms with van der Waals surface area (Å²) in [5.74, 6) is 0.386. The first-order valence-electron chi connectivity index (χ1n) is 5.22. The third kappa shape index (κ3) is 1.95. The monoisotopic (exact) mass is 253 g/mol. The molecule has 2 aromatic rings. The molecule has 1 aliphatic carbocycles. The fraction of sp³-hybridized carbons (Fsp3) is 0.300. The Morgan fingerprint density at radius 3 is 3.00 bits per heavy atom. The minimum absolute atomic E-state index is 0.00415. The molecule has 0 amide bonds. The zero-order chi connectivity index (χ0) is 11.8. The Labute approximate surface area is 102 Å². The molecule has 0 saturated heterocycles. The smallest absolute Gasteiger partial charge is 0.188 e. The van der Waals surface area contributed by atoms with Crippen molar-refractivity contribution in [3.05, 3.63) is 30.1 Å². The molecule has 0 bridgehead atoms. The molecule has 0 aliphatic heterocycles. The lowest BCUT2D eigenvalue weighted by Gasteiger charge is -2.10. The minimum atomic E-state index is -0.585. The maximum absolute atomic E-state index is 13.4. The number of hydrogen-bond donors (Lipinski definition) is 1.